The van der Waals surface area contributed by atoms with Gasteiger partial charge in [-0.3, -0.25) is 0 Å². The summed E-state index contributed by atoms with van der Waals surface area (Å²) in [7, 11) is 1.64. The van der Waals surface area contributed by atoms with E-state index in [2.05, 4.69) is 5.16 Å². The minimum Gasteiger partial charge on any atom is -0.497 e. The van der Waals surface area contributed by atoms with Crippen molar-refractivity contribution in [3.8, 4) is 28.3 Å². The van der Waals surface area contributed by atoms with Crippen LogP contribution in [0.15, 0.2) is 59.1 Å². The van der Waals surface area contributed by atoms with E-state index in [0.29, 0.717) is 0 Å². The Morgan fingerprint density at radius 1 is 0.950 bits per heavy atom. The highest BCUT2D eigenvalue weighted by Crippen LogP contribution is 2.27. The number of nitrogens with two attached hydrogens (primary N) is 1. The Hall–Kier alpha value is -2.75. The van der Waals surface area contributed by atoms with Crippen molar-refractivity contribution in [2.75, 3.05) is 12.8 Å². The molecule has 1 aromatic heterocycles. The molecular formula is C16H14N2O2. The fraction of sp³-hybridized carbons (Fsp3) is 0.0625. The Labute approximate surface area is 116 Å². The van der Waals surface area contributed by atoms with Crippen molar-refractivity contribution in [3.63, 3.8) is 0 Å². The van der Waals surface area contributed by atoms with Gasteiger partial charge in [-0.2, -0.15) is 0 Å². The van der Waals surface area contributed by atoms with Crippen molar-refractivity contribution in [3.05, 3.63) is 54.6 Å². The molecule has 4 heteroatoms. The van der Waals surface area contributed by atoms with Crippen LogP contribution >= 0.6 is 0 Å². The van der Waals surface area contributed by atoms with Crippen LogP contribution in [0.4, 0.5) is 5.69 Å². The Morgan fingerprint density at radius 3 is 2.25 bits per heavy atom. The molecule has 1 heterocycles. The van der Waals surface area contributed by atoms with Crippen LogP contribution in [0.2, 0.25) is 0 Å². The number of rotatable bonds is 3. The maximum Gasteiger partial charge on any atom is 0.167 e. The van der Waals surface area contributed by atoms with Crippen molar-refractivity contribution in [2.45, 2.75) is 0 Å². The zero-order valence-corrected chi connectivity index (χ0v) is 11.0. The van der Waals surface area contributed by atoms with Gasteiger partial charge in [0.2, 0.25) is 0 Å². The van der Waals surface area contributed by atoms with Gasteiger partial charge in [0.25, 0.3) is 0 Å². The second-order valence-corrected chi connectivity index (χ2v) is 4.43. The molecule has 0 unspecified atom stereocenters. The van der Waals surface area contributed by atoms with Gasteiger partial charge in [0.15, 0.2) is 5.76 Å². The summed E-state index contributed by atoms with van der Waals surface area (Å²) in [5.74, 6) is 1.53. The summed E-state index contributed by atoms with van der Waals surface area (Å²) in [4.78, 5) is 0. The quantitative estimate of drug-likeness (QED) is 0.736. The van der Waals surface area contributed by atoms with E-state index in [4.69, 9.17) is 15.0 Å². The first-order valence-corrected chi connectivity index (χ1v) is 6.23. The van der Waals surface area contributed by atoms with E-state index < -0.39 is 0 Å². The molecule has 4 nitrogen and oxygen atoms in total. The van der Waals surface area contributed by atoms with Gasteiger partial charge in [-0.05, 0) is 48.5 Å². The number of hydrogen-bond acceptors (Lipinski definition) is 4. The molecule has 0 aliphatic heterocycles. The van der Waals surface area contributed by atoms with Crippen LogP contribution in [0.25, 0.3) is 22.6 Å². The highest BCUT2D eigenvalue weighted by molar-refractivity contribution is 5.68. The van der Waals surface area contributed by atoms with E-state index in [0.717, 1.165) is 34.0 Å². The van der Waals surface area contributed by atoms with E-state index in [-0.39, 0.29) is 0 Å². The number of nitrogen functional groups attached to an aromatic ring is 1. The Kier molecular flexibility index (Phi) is 3.13. The highest BCUT2D eigenvalue weighted by atomic mass is 16.5. The van der Waals surface area contributed by atoms with Gasteiger partial charge in [-0.1, -0.05) is 5.16 Å². The average Bonchev–Trinajstić information content (AvgIpc) is 2.98. The fourth-order valence-corrected chi connectivity index (χ4v) is 1.96. The molecule has 0 saturated heterocycles. The van der Waals surface area contributed by atoms with E-state index in [1.54, 1.807) is 7.11 Å². The molecule has 3 rings (SSSR count). The van der Waals surface area contributed by atoms with Gasteiger partial charge in [-0.25, -0.2) is 0 Å². The summed E-state index contributed by atoms with van der Waals surface area (Å²) in [6.45, 7) is 0. The number of methoxy groups -OCH3 is 1. The standard InChI is InChI=1S/C16H14N2O2/c1-19-14-8-4-11(5-9-14)15-10-16(20-18-15)12-2-6-13(17)7-3-12/h2-10H,17H2,1H3. The van der Waals surface area contributed by atoms with Gasteiger partial charge < -0.3 is 15.0 Å². The second-order valence-electron chi connectivity index (χ2n) is 4.43. The number of hydrogen-bond donors (Lipinski definition) is 1. The van der Waals surface area contributed by atoms with E-state index >= 15 is 0 Å². The highest BCUT2D eigenvalue weighted by Gasteiger charge is 2.08. The SMILES string of the molecule is COc1ccc(-c2cc(-c3ccc(N)cc3)on2)cc1. The van der Waals surface area contributed by atoms with Crippen LogP contribution < -0.4 is 10.5 Å². The summed E-state index contributed by atoms with van der Waals surface area (Å²) in [6, 6.07) is 17.1. The lowest BCUT2D eigenvalue weighted by Crippen LogP contribution is -1.83. The third-order valence-corrected chi connectivity index (χ3v) is 3.09. The topological polar surface area (TPSA) is 61.3 Å². The van der Waals surface area contributed by atoms with Crippen LogP contribution in [0.5, 0.6) is 5.75 Å². The maximum absolute atomic E-state index is 5.67. The largest absolute Gasteiger partial charge is 0.497 e. The summed E-state index contributed by atoms with van der Waals surface area (Å²) in [6.07, 6.45) is 0. The zero-order valence-electron chi connectivity index (χ0n) is 11.0. The molecule has 0 aliphatic rings. The maximum atomic E-state index is 5.67. The predicted molar refractivity (Wildman–Crippen MR) is 78.3 cm³/mol. The molecule has 0 saturated carbocycles. The van der Waals surface area contributed by atoms with Crippen molar-refractivity contribution in [1.82, 2.24) is 5.16 Å². The summed E-state index contributed by atoms with van der Waals surface area (Å²) >= 11 is 0. The first kappa shape index (κ1) is 12.3. The van der Waals surface area contributed by atoms with Gasteiger partial charge in [0, 0.05) is 22.9 Å². The van der Waals surface area contributed by atoms with Gasteiger partial charge >= 0.3 is 0 Å². The molecule has 0 atom stereocenters. The normalized spacial score (nSPS) is 10.4. The Morgan fingerprint density at radius 2 is 1.60 bits per heavy atom. The molecule has 0 aliphatic carbocycles. The number of anilines is 1. The summed E-state index contributed by atoms with van der Waals surface area (Å²) < 4.78 is 10.5. The molecule has 0 spiro atoms. The Balaban J connectivity index is 1.91. The van der Waals surface area contributed by atoms with Crippen molar-refractivity contribution < 1.29 is 9.26 Å². The van der Waals surface area contributed by atoms with Crippen LogP contribution in [-0.4, -0.2) is 12.3 Å². The molecule has 0 radical (unpaired) electrons. The summed E-state index contributed by atoms with van der Waals surface area (Å²) in [5, 5.41) is 4.09. The van der Waals surface area contributed by atoms with Crippen molar-refractivity contribution >= 4 is 5.69 Å². The molecule has 2 N–H and O–H groups in total. The molecule has 2 aromatic carbocycles. The first-order chi connectivity index (χ1) is 9.76. The molecule has 20 heavy (non-hydrogen) atoms. The number of ether oxygens (including phenoxy) is 1. The third kappa shape index (κ3) is 2.36. The molecule has 0 amide bonds. The smallest absolute Gasteiger partial charge is 0.167 e. The van der Waals surface area contributed by atoms with E-state index in [1.807, 2.05) is 54.6 Å². The van der Waals surface area contributed by atoms with Crippen LogP contribution in [-0.2, 0) is 0 Å². The van der Waals surface area contributed by atoms with Crippen molar-refractivity contribution in [1.29, 1.82) is 0 Å². The second kappa shape index (κ2) is 5.09. The van der Waals surface area contributed by atoms with E-state index in [1.165, 1.54) is 0 Å². The number of benzene rings is 2. The average molecular weight is 266 g/mol. The minimum absolute atomic E-state index is 0.718. The minimum atomic E-state index is 0.718. The fourth-order valence-electron chi connectivity index (χ4n) is 1.96. The van der Waals surface area contributed by atoms with Crippen molar-refractivity contribution in [2.24, 2.45) is 0 Å². The first-order valence-electron chi connectivity index (χ1n) is 6.23. The zero-order chi connectivity index (χ0) is 13.9. The third-order valence-electron chi connectivity index (χ3n) is 3.09. The van der Waals surface area contributed by atoms with Gasteiger partial charge in [0.1, 0.15) is 11.4 Å². The van der Waals surface area contributed by atoms with Gasteiger partial charge in [0.05, 0.1) is 7.11 Å². The number of nitrogens with zero attached hydrogens (tertiary/aromatic N) is 1. The lowest BCUT2D eigenvalue weighted by Gasteiger charge is -1.99. The summed E-state index contributed by atoms with van der Waals surface area (Å²) in [5.41, 5.74) is 9.12. The Bertz CT molecular complexity index is 700. The molecule has 0 bridgehead atoms. The molecular weight excluding hydrogens is 252 g/mol. The van der Waals surface area contributed by atoms with Crippen LogP contribution in [0.3, 0.4) is 0 Å². The molecule has 3 aromatic rings. The monoisotopic (exact) mass is 266 g/mol. The molecule has 0 fully saturated rings. The van der Waals surface area contributed by atoms with Crippen LogP contribution in [0.1, 0.15) is 0 Å². The lowest BCUT2D eigenvalue weighted by atomic mass is 10.1. The van der Waals surface area contributed by atoms with Gasteiger partial charge in [-0.15, -0.1) is 0 Å². The molecule has 100 valence electrons. The lowest BCUT2D eigenvalue weighted by molar-refractivity contribution is 0.415. The van der Waals surface area contributed by atoms with Crippen LogP contribution in [0, 0.1) is 0 Å². The number of aromatic nitrogens is 1. The predicted octanol–water partition coefficient (Wildman–Crippen LogP) is 3.60. The van der Waals surface area contributed by atoms with E-state index in [9.17, 15) is 0 Å².